The van der Waals surface area contributed by atoms with Crippen molar-refractivity contribution in [3.05, 3.63) is 35.9 Å². The van der Waals surface area contributed by atoms with Crippen LogP contribution in [0.5, 0.6) is 0 Å². The van der Waals surface area contributed by atoms with Crippen molar-refractivity contribution in [3.8, 4) is 0 Å². The zero-order valence-corrected chi connectivity index (χ0v) is 12.7. The molecule has 2 N–H and O–H groups in total. The van der Waals surface area contributed by atoms with E-state index < -0.39 is 0 Å². The molecule has 1 aliphatic heterocycles. The molecule has 21 heavy (non-hydrogen) atoms. The van der Waals surface area contributed by atoms with Crippen molar-refractivity contribution in [1.82, 2.24) is 4.90 Å². The summed E-state index contributed by atoms with van der Waals surface area (Å²) in [6.45, 7) is 2.10. The van der Waals surface area contributed by atoms with E-state index in [2.05, 4.69) is 17.0 Å². The normalized spacial score (nSPS) is 32.2. The number of likely N-dealkylation sites (tertiary alicyclic amines) is 1. The van der Waals surface area contributed by atoms with Crippen LogP contribution in [0.4, 0.5) is 0 Å². The zero-order chi connectivity index (χ0) is 14.7. The van der Waals surface area contributed by atoms with E-state index in [-0.39, 0.29) is 24.2 Å². The number of aliphatic hydroxyl groups excluding tert-OH is 2. The second kappa shape index (κ2) is 6.47. The van der Waals surface area contributed by atoms with E-state index in [1.807, 2.05) is 18.2 Å². The molecule has 3 nitrogen and oxygen atoms in total. The van der Waals surface area contributed by atoms with Gasteiger partial charge in [-0.25, -0.2) is 0 Å². The van der Waals surface area contributed by atoms with Crippen LogP contribution < -0.4 is 0 Å². The van der Waals surface area contributed by atoms with Gasteiger partial charge in [-0.1, -0.05) is 43.2 Å². The van der Waals surface area contributed by atoms with Crippen LogP contribution >= 0.6 is 0 Å². The monoisotopic (exact) mass is 289 g/mol. The van der Waals surface area contributed by atoms with Crippen LogP contribution in [-0.2, 0) is 0 Å². The Hall–Kier alpha value is -0.900. The summed E-state index contributed by atoms with van der Waals surface area (Å²) in [4.78, 5) is 2.40. The number of aliphatic hydroxyl groups is 2. The smallest absolute Gasteiger partial charge is 0.0628 e. The highest BCUT2D eigenvalue weighted by molar-refractivity contribution is 5.19. The van der Waals surface area contributed by atoms with Crippen molar-refractivity contribution in [2.24, 2.45) is 5.41 Å². The van der Waals surface area contributed by atoms with Crippen LogP contribution in [0.2, 0.25) is 0 Å². The highest BCUT2D eigenvalue weighted by Gasteiger charge is 2.44. The van der Waals surface area contributed by atoms with Crippen LogP contribution in [0, 0.1) is 5.41 Å². The van der Waals surface area contributed by atoms with Gasteiger partial charge in [-0.3, -0.25) is 4.90 Å². The fourth-order valence-corrected chi connectivity index (χ4v) is 4.33. The van der Waals surface area contributed by atoms with Gasteiger partial charge < -0.3 is 10.2 Å². The number of nitrogens with zero attached hydrogens (tertiary/aromatic N) is 1. The van der Waals surface area contributed by atoms with E-state index in [0.29, 0.717) is 0 Å². The molecule has 1 aromatic carbocycles. The molecule has 3 heteroatoms. The topological polar surface area (TPSA) is 43.7 Å². The summed E-state index contributed by atoms with van der Waals surface area (Å²) < 4.78 is 0. The molecule has 0 unspecified atom stereocenters. The van der Waals surface area contributed by atoms with Gasteiger partial charge in [0.05, 0.1) is 18.8 Å². The van der Waals surface area contributed by atoms with Gasteiger partial charge >= 0.3 is 0 Å². The second-order valence-electron chi connectivity index (χ2n) is 6.81. The molecule has 3 atom stereocenters. The first kappa shape index (κ1) is 15.0. The molecule has 1 saturated carbocycles. The molecule has 116 valence electrons. The van der Waals surface area contributed by atoms with E-state index in [4.69, 9.17) is 0 Å². The summed E-state index contributed by atoms with van der Waals surface area (Å²) in [7, 11) is 0. The van der Waals surface area contributed by atoms with Crippen molar-refractivity contribution in [1.29, 1.82) is 0 Å². The lowest BCUT2D eigenvalue weighted by atomic mass is 9.67. The first-order valence-corrected chi connectivity index (χ1v) is 8.33. The molecule has 1 spiro atoms. The lowest BCUT2D eigenvalue weighted by Gasteiger charge is -2.50. The van der Waals surface area contributed by atoms with Gasteiger partial charge in [-0.2, -0.15) is 0 Å². The van der Waals surface area contributed by atoms with Crippen molar-refractivity contribution in [2.45, 2.75) is 50.7 Å². The zero-order valence-electron chi connectivity index (χ0n) is 12.7. The second-order valence-corrected chi connectivity index (χ2v) is 6.81. The molecule has 1 heterocycles. The lowest BCUT2D eigenvalue weighted by Crippen LogP contribution is -2.52. The molecule has 0 amide bonds. The average molecular weight is 289 g/mol. The van der Waals surface area contributed by atoms with Crippen molar-refractivity contribution in [3.63, 3.8) is 0 Å². The number of hydrogen-bond acceptors (Lipinski definition) is 3. The standard InChI is InChI=1S/C18H27NO2/c20-13-16(15-7-2-1-3-8-15)19-12-6-11-18(14-19)10-5-4-9-17(18)21/h1-3,7-8,16-17,20-21H,4-6,9-14H2/t16-,17-,18-/m0/s1. The van der Waals surface area contributed by atoms with Crippen molar-refractivity contribution >= 4 is 0 Å². The minimum absolute atomic E-state index is 0.0671. The molecule has 1 aromatic rings. The minimum atomic E-state index is -0.163. The third kappa shape index (κ3) is 3.01. The quantitative estimate of drug-likeness (QED) is 0.899. The largest absolute Gasteiger partial charge is 0.394 e. The summed E-state index contributed by atoms with van der Waals surface area (Å²) >= 11 is 0. The van der Waals surface area contributed by atoms with E-state index in [1.54, 1.807) is 0 Å². The van der Waals surface area contributed by atoms with Gasteiger partial charge in [0.2, 0.25) is 0 Å². The molecule has 0 radical (unpaired) electrons. The average Bonchev–Trinajstić information content (AvgIpc) is 2.53. The van der Waals surface area contributed by atoms with Gasteiger partial charge in [0.1, 0.15) is 0 Å². The van der Waals surface area contributed by atoms with E-state index in [9.17, 15) is 10.2 Å². The van der Waals surface area contributed by atoms with E-state index >= 15 is 0 Å². The molecule has 3 rings (SSSR count). The third-order valence-electron chi connectivity index (χ3n) is 5.55. The number of piperidine rings is 1. The predicted molar refractivity (Wildman–Crippen MR) is 84.0 cm³/mol. The highest BCUT2D eigenvalue weighted by Crippen LogP contribution is 2.45. The Morgan fingerprint density at radius 1 is 1.14 bits per heavy atom. The Labute approximate surface area is 127 Å². The molecular formula is C18H27NO2. The van der Waals surface area contributed by atoms with Crippen molar-refractivity contribution < 1.29 is 10.2 Å². The van der Waals surface area contributed by atoms with Gasteiger partial charge in [0.15, 0.2) is 0 Å². The molecular weight excluding hydrogens is 262 g/mol. The van der Waals surface area contributed by atoms with Gasteiger partial charge in [0, 0.05) is 12.0 Å². The summed E-state index contributed by atoms with van der Waals surface area (Å²) in [5.41, 5.74) is 1.25. The Bertz CT molecular complexity index is 446. The maximum atomic E-state index is 10.5. The van der Waals surface area contributed by atoms with Crippen LogP contribution in [0.3, 0.4) is 0 Å². The fourth-order valence-electron chi connectivity index (χ4n) is 4.33. The maximum absolute atomic E-state index is 10.5. The van der Waals surface area contributed by atoms with Crippen molar-refractivity contribution in [2.75, 3.05) is 19.7 Å². The lowest BCUT2D eigenvalue weighted by molar-refractivity contribution is -0.0735. The van der Waals surface area contributed by atoms with Gasteiger partial charge in [0.25, 0.3) is 0 Å². The molecule has 2 aliphatic rings. The first-order valence-electron chi connectivity index (χ1n) is 8.33. The van der Waals surface area contributed by atoms with Crippen LogP contribution in [0.15, 0.2) is 30.3 Å². The highest BCUT2D eigenvalue weighted by atomic mass is 16.3. The number of hydrogen-bond donors (Lipinski definition) is 2. The minimum Gasteiger partial charge on any atom is -0.394 e. The fraction of sp³-hybridized carbons (Fsp3) is 0.667. The van der Waals surface area contributed by atoms with E-state index in [0.717, 1.165) is 45.2 Å². The summed E-state index contributed by atoms with van der Waals surface area (Å²) in [5, 5.41) is 20.4. The first-order chi connectivity index (χ1) is 10.2. The molecule has 1 aliphatic carbocycles. The SMILES string of the molecule is OC[C@@H](c1ccccc1)N1CCC[C@@]2(CCCC[C@@H]2O)C1. The van der Waals surface area contributed by atoms with Gasteiger partial charge in [-0.05, 0) is 37.8 Å². The van der Waals surface area contributed by atoms with E-state index in [1.165, 1.54) is 12.0 Å². The van der Waals surface area contributed by atoms with Gasteiger partial charge in [-0.15, -0.1) is 0 Å². The molecule has 0 bridgehead atoms. The Morgan fingerprint density at radius 2 is 1.90 bits per heavy atom. The Balaban J connectivity index is 1.78. The van der Waals surface area contributed by atoms with Crippen LogP contribution in [0.1, 0.15) is 50.1 Å². The number of benzene rings is 1. The Morgan fingerprint density at radius 3 is 2.62 bits per heavy atom. The third-order valence-corrected chi connectivity index (χ3v) is 5.55. The number of rotatable bonds is 3. The Kier molecular flexibility index (Phi) is 4.63. The summed E-state index contributed by atoms with van der Waals surface area (Å²) in [6, 6.07) is 10.3. The summed E-state index contributed by atoms with van der Waals surface area (Å²) in [6.07, 6.45) is 6.58. The molecule has 0 aromatic heterocycles. The molecule has 2 fully saturated rings. The van der Waals surface area contributed by atoms with Crippen LogP contribution in [-0.4, -0.2) is 40.9 Å². The summed E-state index contributed by atoms with van der Waals surface area (Å²) in [5.74, 6) is 0. The van der Waals surface area contributed by atoms with Crippen LogP contribution in [0.25, 0.3) is 0 Å². The predicted octanol–water partition coefficient (Wildman–Crippen LogP) is 2.74. The molecule has 1 saturated heterocycles. The maximum Gasteiger partial charge on any atom is 0.0628 e.